The first-order valence-corrected chi connectivity index (χ1v) is 7.63. The summed E-state index contributed by atoms with van der Waals surface area (Å²) in [7, 11) is 5.13. The summed E-state index contributed by atoms with van der Waals surface area (Å²) in [6, 6.07) is 14.0. The van der Waals surface area contributed by atoms with Crippen molar-refractivity contribution in [3.05, 3.63) is 65.6 Å². The Morgan fingerprint density at radius 3 is 2.54 bits per heavy atom. The number of carbonyl (C=O) groups excluding carboxylic acids is 1. The fourth-order valence-corrected chi connectivity index (χ4v) is 2.80. The lowest BCUT2D eigenvalue weighted by atomic mass is 10.2. The molecule has 3 rings (SSSR count). The Balaban J connectivity index is 1.85. The zero-order valence-electron chi connectivity index (χ0n) is 13.9. The van der Waals surface area contributed by atoms with Crippen LogP contribution in [0.2, 0.25) is 0 Å². The number of aromatic nitrogens is 1. The second-order valence-corrected chi connectivity index (χ2v) is 5.77. The van der Waals surface area contributed by atoms with Crippen LogP contribution in [0.15, 0.2) is 48.5 Å². The molecule has 1 heterocycles. The fraction of sp³-hybridized carbons (Fsp3) is 0.211. The Labute approximate surface area is 140 Å². The highest BCUT2D eigenvalue weighted by atomic mass is 19.1. The van der Waals surface area contributed by atoms with E-state index in [1.807, 2.05) is 24.3 Å². The summed E-state index contributed by atoms with van der Waals surface area (Å²) in [5.74, 6) is 0.306. The third kappa shape index (κ3) is 2.85. The quantitative estimate of drug-likeness (QED) is 0.734. The van der Waals surface area contributed by atoms with Crippen LogP contribution in [0.25, 0.3) is 10.9 Å². The maximum absolute atomic E-state index is 13.9. The van der Waals surface area contributed by atoms with E-state index in [9.17, 15) is 9.18 Å². The van der Waals surface area contributed by atoms with Gasteiger partial charge in [-0.05, 0) is 35.9 Å². The second-order valence-electron chi connectivity index (χ2n) is 5.77. The first-order chi connectivity index (χ1) is 11.5. The molecule has 124 valence electrons. The molecule has 0 spiro atoms. The molecule has 0 fully saturated rings. The van der Waals surface area contributed by atoms with Gasteiger partial charge in [-0.3, -0.25) is 4.79 Å². The number of aryl methyl sites for hydroxylation is 1. The molecular formula is C19H19FN2O2. The van der Waals surface area contributed by atoms with E-state index in [0.717, 1.165) is 11.3 Å². The third-order valence-electron chi connectivity index (χ3n) is 4.18. The number of rotatable bonds is 4. The van der Waals surface area contributed by atoms with Gasteiger partial charge < -0.3 is 14.2 Å². The van der Waals surface area contributed by atoms with Gasteiger partial charge in [0, 0.05) is 26.0 Å². The van der Waals surface area contributed by atoms with Crippen molar-refractivity contribution in [2.24, 2.45) is 7.05 Å². The number of carbonyl (C=O) groups is 1. The van der Waals surface area contributed by atoms with Crippen molar-refractivity contribution >= 4 is 16.8 Å². The molecule has 0 saturated heterocycles. The minimum absolute atomic E-state index is 0.149. The predicted octanol–water partition coefficient (Wildman–Crippen LogP) is 3.60. The van der Waals surface area contributed by atoms with Crippen LogP contribution in [0.1, 0.15) is 16.1 Å². The van der Waals surface area contributed by atoms with Crippen LogP contribution in [0.5, 0.6) is 5.75 Å². The summed E-state index contributed by atoms with van der Waals surface area (Å²) < 4.78 is 20.8. The number of hydrogen-bond acceptors (Lipinski definition) is 2. The lowest BCUT2D eigenvalue weighted by molar-refractivity contribution is 0.0776. The van der Waals surface area contributed by atoms with Gasteiger partial charge >= 0.3 is 0 Å². The highest BCUT2D eigenvalue weighted by Crippen LogP contribution is 2.23. The van der Waals surface area contributed by atoms with Gasteiger partial charge in [0.25, 0.3) is 5.91 Å². The number of halogens is 1. The van der Waals surface area contributed by atoms with Crippen LogP contribution in [0.4, 0.5) is 4.39 Å². The Morgan fingerprint density at radius 1 is 1.21 bits per heavy atom. The average Bonchev–Trinajstić information content (AvgIpc) is 2.93. The largest absolute Gasteiger partial charge is 0.497 e. The van der Waals surface area contributed by atoms with Crippen LogP contribution < -0.4 is 4.74 Å². The molecule has 5 heteroatoms. The maximum atomic E-state index is 13.9. The van der Waals surface area contributed by atoms with E-state index in [4.69, 9.17) is 4.74 Å². The normalized spacial score (nSPS) is 10.8. The molecular weight excluding hydrogens is 307 g/mol. The highest BCUT2D eigenvalue weighted by molar-refractivity contribution is 5.98. The van der Waals surface area contributed by atoms with Gasteiger partial charge in [-0.25, -0.2) is 4.39 Å². The standard InChI is InChI=1S/C19H19FN2O2/c1-21(12-13-7-9-14(24-3)10-8-13)19(23)18-11-15-16(20)5-4-6-17(15)22(18)2/h4-11H,12H2,1-3H3. The summed E-state index contributed by atoms with van der Waals surface area (Å²) in [6.45, 7) is 0.465. The summed E-state index contributed by atoms with van der Waals surface area (Å²) in [5, 5.41) is 0.459. The minimum atomic E-state index is -0.319. The number of methoxy groups -OCH3 is 1. The number of hydrogen-bond donors (Lipinski definition) is 0. The molecule has 0 N–H and O–H groups in total. The van der Waals surface area contributed by atoms with Crippen LogP contribution >= 0.6 is 0 Å². The van der Waals surface area contributed by atoms with Crippen molar-refractivity contribution in [3.63, 3.8) is 0 Å². The monoisotopic (exact) mass is 326 g/mol. The van der Waals surface area contributed by atoms with Crippen LogP contribution in [0, 0.1) is 5.82 Å². The molecule has 1 aromatic heterocycles. The summed E-state index contributed by atoms with van der Waals surface area (Å²) in [4.78, 5) is 14.4. The molecule has 0 radical (unpaired) electrons. The van der Waals surface area contributed by atoms with Crippen molar-refractivity contribution in [2.75, 3.05) is 14.2 Å². The number of ether oxygens (including phenoxy) is 1. The summed E-state index contributed by atoms with van der Waals surface area (Å²) in [6.07, 6.45) is 0. The molecule has 0 saturated carbocycles. The van der Waals surface area contributed by atoms with Gasteiger partial charge in [0.2, 0.25) is 0 Å². The topological polar surface area (TPSA) is 34.5 Å². The van der Waals surface area contributed by atoms with Gasteiger partial charge in [0.1, 0.15) is 17.3 Å². The Hall–Kier alpha value is -2.82. The summed E-state index contributed by atoms with van der Waals surface area (Å²) in [5.41, 5.74) is 2.17. The number of benzene rings is 2. The zero-order valence-corrected chi connectivity index (χ0v) is 13.9. The van der Waals surface area contributed by atoms with Gasteiger partial charge in [0.15, 0.2) is 0 Å². The molecule has 0 aliphatic rings. The first-order valence-electron chi connectivity index (χ1n) is 7.63. The van der Waals surface area contributed by atoms with Crippen molar-refractivity contribution in [2.45, 2.75) is 6.54 Å². The van der Waals surface area contributed by atoms with Crippen molar-refractivity contribution in [1.29, 1.82) is 0 Å². The number of amides is 1. The van der Waals surface area contributed by atoms with E-state index in [2.05, 4.69) is 0 Å². The zero-order chi connectivity index (χ0) is 17.3. The molecule has 1 amide bonds. The molecule has 0 atom stereocenters. The predicted molar refractivity (Wildman–Crippen MR) is 91.7 cm³/mol. The minimum Gasteiger partial charge on any atom is -0.497 e. The maximum Gasteiger partial charge on any atom is 0.270 e. The van der Waals surface area contributed by atoms with Gasteiger partial charge in [-0.1, -0.05) is 18.2 Å². The average molecular weight is 326 g/mol. The molecule has 0 aliphatic heterocycles. The number of nitrogens with zero attached hydrogens (tertiary/aromatic N) is 2. The molecule has 0 bridgehead atoms. The third-order valence-corrected chi connectivity index (χ3v) is 4.18. The molecule has 3 aromatic rings. The second kappa shape index (κ2) is 6.35. The van der Waals surface area contributed by atoms with E-state index >= 15 is 0 Å². The molecule has 0 unspecified atom stereocenters. The molecule has 2 aromatic carbocycles. The fourth-order valence-electron chi connectivity index (χ4n) is 2.80. The highest BCUT2D eigenvalue weighted by Gasteiger charge is 2.18. The lowest BCUT2D eigenvalue weighted by Gasteiger charge is -2.18. The van der Waals surface area contributed by atoms with E-state index in [-0.39, 0.29) is 11.7 Å². The Kier molecular flexibility index (Phi) is 4.25. The lowest BCUT2D eigenvalue weighted by Crippen LogP contribution is -2.27. The van der Waals surface area contributed by atoms with E-state index in [1.54, 1.807) is 48.9 Å². The van der Waals surface area contributed by atoms with E-state index < -0.39 is 0 Å². The summed E-state index contributed by atoms with van der Waals surface area (Å²) >= 11 is 0. The van der Waals surface area contributed by atoms with Gasteiger partial charge in [0.05, 0.1) is 12.6 Å². The Bertz CT molecular complexity index is 884. The van der Waals surface area contributed by atoms with Crippen LogP contribution in [-0.4, -0.2) is 29.5 Å². The number of fused-ring (bicyclic) bond motifs is 1. The molecule has 0 aliphatic carbocycles. The van der Waals surface area contributed by atoms with Gasteiger partial charge in [-0.15, -0.1) is 0 Å². The van der Waals surface area contributed by atoms with Crippen LogP contribution in [-0.2, 0) is 13.6 Å². The van der Waals surface area contributed by atoms with E-state index in [0.29, 0.717) is 23.1 Å². The van der Waals surface area contributed by atoms with Crippen LogP contribution in [0.3, 0.4) is 0 Å². The molecule has 4 nitrogen and oxygen atoms in total. The first kappa shape index (κ1) is 16.1. The van der Waals surface area contributed by atoms with Crippen molar-refractivity contribution in [3.8, 4) is 5.75 Å². The van der Waals surface area contributed by atoms with Crippen molar-refractivity contribution < 1.29 is 13.9 Å². The SMILES string of the molecule is COc1ccc(CN(C)C(=O)c2cc3c(F)cccc3n2C)cc1. The van der Waals surface area contributed by atoms with Gasteiger partial charge in [-0.2, -0.15) is 0 Å². The van der Waals surface area contributed by atoms with Crippen molar-refractivity contribution in [1.82, 2.24) is 9.47 Å². The Morgan fingerprint density at radius 2 is 1.92 bits per heavy atom. The smallest absolute Gasteiger partial charge is 0.270 e. The molecule has 24 heavy (non-hydrogen) atoms. The van der Waals surface area contributed by atoms with E-state index in [1.165, 1.54) is 6.07 Å².